The molecule has 5 nitrogen and oxygen atoms in total. The van der Waals surface area contributed by atoms with E-state index in [9.17, 15) is 4.79 Å². The van der Waals surface area contributed by atoms with Crippen molar-refractivity contribution in [2.75, 3.05) is 0 Å². The van der Waals surface area contributed by atoms with Crippen molar-refractivity contribution in [3.05, 3.63) is 102 Å². The summed E-state index contributed by atoms with van der Waals surface area (Å²) in [5.41, 5.74) is 4.94. The molecule has 0 spiro atoms. The zero-order chi connectivity index (χ0) is 26.4. The van der Waals surface area contributed by atoms with Crippen molar-refractivity contribution >= 4 is 5.78 Å². The van der Waals surface area contributed by atoms with E-state index in [1.54, 1.807) is 24.5 Å². The lowest BCUT2D eigenvalue weighted by Gasteiger charge is -2.47. The van der Waals surface area contributed by atoms with Crippen molar-refractivity contribution in [3.8, 4) is 33.8 Å². The number of aromatic nitrogens is 3. The van der Waals surface area contributed by atoms with E-state index >= 15 is 4.39 Å². The zero-order valence-electron chi connectivity index (χ0n) is 21.4. The summed E-state index contributed by atoms with van der Waals surface area (Å²) in [6.45, 7) is 11.8. The molecule has 188 valence electrons. The molecule has 0 amide bonds. The number of halogens is 1. The predicted octanol–water partition coefficient (Wildman–Crippen LogP) is 6.73. The summed E-state index contributed by atoms with van der Waals surface area (Å²) in [6.07, 6.45) is 5.36. The highest BCUT2D eigenvalue weighted by Crippen LogP contribution is 2.53. The van der Waals surface area contributed by atoms with E-state index in [1.165, 1.54) is 6.07 Å². The number of benzene rings is 2. The van der Waals surface area contributed by atoms with Gasteiger partial charge in [0.15, 0.2) is 5.82 Å². The fourth-order valence-electron chi connectivity index (χ4n) is 6.58. The second-order valence-corrected chi connectivity index (χ2v) is 10.6. The van der Waals surface area contributed by atoms with Crippen molar-refractivity contribution in [2.45, 2.75) is 44.6 Å². The normalized spacial score (nSPS) is 24.3. The van der Waals surface area contributed by atoms with Gasteiger partial charge >= 0.3 is 0 Å². The first-order valence-electron chi connectivity index (χ1n) is 13.0. The first-order valence-corrected chi connectivity index (χ1v) is 13.0. The average Bonchev–Trinajstić information content (AvgIpc) is 2.95. The Morgan fingerprint density at radius 2 is 1.76 bits per heavy atom. The summed E-state index contributed by atoms with van der Waals surface area (Å²) in [5, 5.41) is 0. The minimum atomic E-state index is -0.701. The maximum absolute atomic E-state index is 15.2. The lowest BCUT2D eigenvalue weighted by molar-refractivity contribution is -0.129. The van der Waals surface area contributed by atoms with Crippen LogP contribution in [0.25, 0.3) is 38.6 Å². The first kappa shape index (κ1) is 24.1. The first-order chi connectivity index (χ1) is 18.4. The van der Waals surface area contributed by atoms with E-state index in [-0.39, 0.29) is 23.4 Å². The Kier molecular flexibility index (Phi) is 5.87. The molecule has 0 N–H and O–H groups in total. The minimum absolute atomic E-state index is 0.0232. The van der Waals surface area contributed by atoms with Crippen LogP contribution in [0.5, 0.6) is 0 Å². The molecule has 2 heterocycles. The number of nitrogens with zero attached hydrogens (tertiary/aromatic N) is 4. The van der Waals surface area contributed by atoms with Gasteiger partial charge in [0, 0.05) is 52.4 Å². The molecular formula is C32H27FN4O. The fraction of sp³-hybridized carbons (Fsp3) is 0.281. The summed E-state index contributed by atoms with van der Waals surface area (Å²) in [4.78, 5) is 31.3. The lowest BCUT2D eigenvalue weighted by Crippen LogP contribution is -2.52. The number of hydrogen-bond donors (Lipinski definition) is 0. The fourth-order valence-corrected chi connectivity index (χ4v) is 6.58. The molecule has 1 unspecified atom stereocenters. The smallest absolute Gasteiger partial charge is 0.282 e. The second-order valence-electron chi connectivity index (χ2n) is 10.6. The van der Waals surface area contributed by atoms with Crippen molar-refractivity contribution in [3.63, 3.8) is 0 Å². The van der Waals surface area contributed by atoms with Gasteiger partial charge in [-0.1, -0.05) is 56.3 Å². The second kappa shape index (κ2) is 9.25. The number of rotatable bonds is 3. The highest BCUT2D eigenvalue weighted by molar-refractivity contribution is 5.89. The van der Waals surface area contributed by atoms with Gasteiger partial charge in [0.05, 0.1) is 11.4 Å². The Morgan fingerprint density at radius 3 is 2.53 bits per heavy atom. The third-order valence-electron chi connectivity index (χ3n) is 8.50. The van der Waals surface area contributed by atoms with Crippen molar-refractivity contribution in [2.24, 2.45) is 11.8 Å². The van der Waals surface area contributed by atoms with Crippen LogP contribution in [0.3, 0.4) is 0 Å². The number of Topliss-reactive ketones (excluding diaryl/α,β-unsaturated/α-hetero) is 1. The Bertz CT molecular complexity index is 1600. The molecule has 1 fully saturated rings. The monoisotopic (exact) mass is 502 g/mol. The van der Waals surface area contributed by atoms with Crippen LogP contribution in [0.1, 0.15) is 37.9 Å². The molecule has 0 radical (unpaired) electrons. The predicted molar refractivity (Wildman–Crippen MR) is 144 cm³/mol. The van der Waals surface area contributed by atoms with Crippen molar-refractivity contribution < 1.29 is 9.18 Å². The molecule has 6 heteroatoms. The zero-order valence-corrected chi connectivity index (χ0v) is 21.4. The maximum atomic E-state index is 15.2. The maximum Gasteiger partial charge on any atom is 0.282 e. The Hall–Kier alpha value is -4.24. The van der Waals surface area contributed by atoms with Crippen molar-refractivity contribution in [1.29, 1.82) is 0 Å². The lowest BCUT2D eigenvalue weighted by atomic mass is 9.55. The molecule has 0 aliphatic heterocycles. The van der Waals surface area contributed by atoms with Crippen LogP contribution < -0.4 is 0 Å². The van der Waals surface area contributed by atoms with E-state index in [0.29, 0.717) is 29.9 Å². The van der Waals surface area contributed by atoms with Crippen LogP contribution in [0.15, 0.2) is 73.1 Å². The standard InChI is InChI=1S/C32H27FN4O/c1-19-25-14-13-23-28(22-11-7-8-12-26(22)33)36-31(37-30(23)32(25,2)17-27(34-3)29(19)38)21-15-16-35-18-24(21)20-9-5-4-6-10-20/h4-12,15-16,18-19,25,27H,13-14,17H2,1-2H3/t19-,25-,27?,32-/m1/s1. The minimum Gasteiger partial charge on any atom is -0.305 e. The molecule has 6 rings (SSSR count). The number of carbonyl (C=O) groups excluding carboxylic acids is 1. The molecule has 2 aliphatic carbocycles. The largest absolute Gasteiger partial charge is 0.305 e. The van der Waals surface area contributed by atoms with E-state index in [4.69, 9.17) is 16.5 Å². The Balaban J connectivity index is 1.63. The third kappa shape index (κ3) is 3.73. The molecule has 0 bridgehead atoms. The number of ketones is 1. The summed E-state index contributed by atoms with van der Waals surface area (Å²) in [5.74, 6) is -0.000163. The van der Waals surface area contributed by atoms with Gasteiger partial charge in [0.1, 0.15) is 5.82 Å². The summed E-state index contributed by atoms with van der Waals surface area (Å²) in [6, 6.07) is 17.8. The van der Waals surface area contributed by atoms with E-state index in [0.717, 1.165) is 34.4 Å². The molecule has 0 saturated heterocycles. The SMILES string of the molecule is [C-]#[N+]C1C[C@@]2(C)c3nc(-c4ccncc4-c4ccccc4)nc(-c4ccccc4F)c3CC[C@@H]2[C@@H](C)C1=O. The van der Waals surface area contributed by atoms with Crippen LogP contribution in [-0.4, -0.2) is 26.8 Å². The average molecular weight is 503 g/mol. The number of carbonyl (C=O) groups is 1. The number of fused-ring (bicyclic) bond motifs is 3. The van der Waals surface area contributed by atoms with Gasteiger partial charge in [-0.15, -0.1) is 0 Å². The van der Waals surface area contributed by atoms with Gasteiger partial charge in [-0.05, 0) is 42.5 Å². The molecule has 4 atom stereocenters. The van der Waals surface area contributed by atoms with Gasteiger partial charge in [0.25, 0.3) is 6.04 Å². The molecule has 2 aromatic heterocycles. The van der Waals surface area contributed by atoms with Crippen LogP contribution in [0, 0.1) is 24.2 Å². The summed E-state index contributed by atoms with van der Waals surface area (Å²) >= 11 is 0. The Labute approximate surface area is 221 Å². The van der Waals surface area contributed by atoms with Crippen LogP contribution in [0.4, 0.5) is 4.39 Å². The molecule has 2 aliphatic rings. The van der Waals surface area contributed by atoms with Gasteiger partial charge in [-0.3, -0.25) is 9.78 Å². The van der Waals surface area contributed by atoms with E-state index in [2.05, 4.69) is 16.8 Å². The van der Waals surface area contributed by atoms with Gasteiger partial charge < -0.3 is 4.85 Å². The molecule has 1 saturated carbocycles. The van der Waals surface area contributed by atoms with Gasteiger partial charge in [-0.2, -0.15) is 0 Å². The molecule has 2 aromatic carbocycles. The summed E-state index contributed by atoms with van der Waals surface area (Å²) in [7, 11) is 0. The molecular weight excluding hydrogens is 475 g/mol. The molecule has 4 aromatic rings. The van der Waals surface area contributed by atoms with E-state index < -0.39 is 11.5 Å². The van der Waals surface area contributed by atoms with Crippen LogP contribution in [0.2, 0.25) is 0 Å². The topological polar surface area (TPSA) is 60.1 Å². The number of hydrogen-bond acceptors (Lipinski definition) is 4. The number of pyridine rings is 1. The van der Waals surface area contributed by atoms with Crippen LogP contribution in [-0.2, 0) is 16.6 Å². The quantitative estimate of drug-likeness (QED) is 0.292. The highest BCUT2D eigenvalue weighted by Gasteiger charge is 2.55. The van der Waals surface area contributed by atoms with Gasteiger partial charge in [-0.25, -0.2) is 20.9 Å². The van der Waals surface area contributed by atoms with Crippen LogP contribution >= 0.6 is 0 Å². The third-order valence-corrected chi connectivity index (χ3v) is 8.50. The summed E-state index contributed by atoms with van der Waals surface area (Å²) < 4.78 is 15.2. The Morgan fingerprint density at radius 1 is 1.00 bits per heavy atom. The highest BCUT2D eigenvalue weighted by atomic mass is 19.1. The van der Waals surface area contributed by atoms with E-state index in [1.807, 2.05) is 49.4 Å². The van der Waals surface area contributed by atoms with Gasteiger partial charge in [0.2, 0.25) is 5.78 Å². The molecule has 38 heavy (non-hydrogen) atoms. The van der Waals surface area contributed by atoms with Crippen molar-refractivity contribution in [1.82, 2.24) is 15.0 Å².